The van der Waals surface area contributed by atoms with E-state index in [2.05, 4.69) is 18.7 Å². The highest BCUT2D eigenvalue weighted by Crippen LogP contribution is 2.20. The summed E-state index contributed by atoms with van der Waals surface area (Å²) in [5.74, 6) is 0.960. The summed E-state index contributed by atoms with van der Waals surface area (Å²) in [6, 6.07) is 5.93. The fourth-order valence-electron chi connectivity index (χ4n) is 2.27. The molecule has 1 rings (SSSR count). The number of hydrogen-bond donors (Lipinski definition) is 2. The summed E-state index contributed by atoms with van der Waals surface area (Å²) >= 11 is 0. The molecule has 4 N–H and O–H groups in total. The van der Waals surface area contributed by atoms with Gasteiger partial charge in [0.1, 0.15) is 5.75 Å². The zero-order valence-corrected chi connectivity index (χ0v) is 12.6. The van der Waals surface area contributed by atoms with Crippen LogP contribution in [0.25, 0.3) is 0 Å². The van der Waals surface area contributed by atoms with Gasteiger partial charge in [0.25, 0.3) is 0 Å². The van der Waals surface area contributed by atoms with E-state index in [0.717, 1.165) is 23.4 Å². The number of methoxy groups -OCH3 is 1. The average Bonchev–Trinajstić information content (AvgIpc) is 2.36. The van der Waals surface area contributed by atoms with Gasteiger partial charge in [-0.2, -0.15) is 0 Å². The van der Waals surface area contributed by atoms with E-state index in [1.807, 2.05) is 18.2 Å². The van der Waals surface area contributed by atoms with E-state index in [1.54, 1.807) is 7.11 Å². The van der Waals surface area contributed by atoms with E-state index < -0.39 is 0 Å². The number of hydrogen-bond acceptors (Lipinski definition) is 4. The van der Waals surface area contributed by atoms with Crippen LogP contribution in [0.3, 0.4) is 0 Å². The van der Waals surface area contributed by atoms with Crippen LogP contribution in [-0.2, 0) is 17.9 Å². The van der Waals surface area contributed by atoms with Crippen molar-refractivity contribution in [3.63, 3.8) is 0 Å². The quantitative estimate of drug-likeness (QED) is 0.746. The second-order valence-electron chi connectivity index (χ2n) is 5.38. The van der Waals surface area contributed by atoms with E-state index >= 15 is 0 Å². The number of nitrogens with zero attached hydrogens (tertiary/aromatic N) is 1. The first-order valence-electron chi connectivity index (χ1n) is 6.82. The fourth-order valence-corrected chi connectivity index (χ4v) is 2.27. The maximum Gasteiger partial charge on any atom is 0.231 e. The van der Waals surface area contributed by atoms with Crippen LogP contribution in [0.1, 0.15) is 25.0 Å². The predicted molar refractivity (Wildman–Crippen MR) is 80.2 cm³/mol. The Balaban J connectivity index is 2.84. The summed E-state index contributed by atoms with van der Waals surface area (Å²) in [5, 5.41) is 0. The van der Waals surface area contributed by atoms with Gasteiger partial charge in [-0.25, -0.2) is 0 Å². The molecule has 0 fully saturated rings. The van der Waals surface area contributed by atoms with Crippen LogP contribution < -0.4 is 16.2 Å². The third-order valence-corrected chi connectivity index (χ3v) is 2.97. The SMILES string of the molecule is COc1ccc(CN(CC(N)=O)CC(C)C)cc1CN. The van der Waals surface area contributed by atoms with Crippen molar-refractivity contribution in [2.24, 2.45) is 17.4 Å². The Kier molecular flexibility index (Phi) is 6.48. The number of rotatable bonds is 8. The van der Waals surface area contributed by atoms with Crippen LogP contribution in [0.2, 0.25) is 0 Å². The van der Waals surface area contributed by atoms with Crippen molar-refractivity contribution >= 4 is 5.91 Å². The van der Waals surface area contributed by atoms with Crippen molar-refractivity contribution in [2.75, 3.05) is 20.2 Å². The van der Waals surface area contributed by atoms with Crippen molar-refractivity contribution in [1.29, 1.82) is 0 Å². The molecule has 0 saturated heterocycles. The molecule has 1 aromatic rings. The molecule has 0 aliphatic heterocycles. The Morgan fingerprint density at radius 1 is 1.40 bits per heavy atom. The van der Waals surface area contributed by atoms with Crippen LogP contribution >= 0.6 is 0 Å². The number of nitrogens with two attached hydrogens (primary N) is 2. The monoisotopic (exact) mass is 279 g/mol. The lowest BCUT2D eigenvalue weighted by Gasteiger charge is -2.23. The number of benzene rings is 1. The zero-order valence-electron chi connectivity index (χ0n) is 12.6. The molecule has 0 heterocycles. The molecule has 0 bridgehead atoms. The first-order valence-corrected chi connectivity index (χ1v) is 6.82. The van der Waals surface area contributed by atoms with Crippen LogP contribution in [0.15, 0.2) is 18.2 Å². The molecule has 0 aliphatic rings. The van der Waals surface area contributed by atoms with Crippen molar-refractivity contribution in [1.82, 2.24) is 4.90 Å². The molecular formula is C15H25N3O2. The molecule has 1 aromatic carbocycles. The molecule has 1 amide bonds. The van der Waals surface area contributed by atoms with Crippen LogP contribution in [0.5, 0.6) is 5.75 Å². The summed E-state index contributed by atoms with van der Waals surface area (Å²) < 4.78 is 5.26. The second-order valence-corrected chi connectivity index (χ2v) is 5.38. The van der Waals surface area contributed by atoms with Crippen molar-refractivity contribution < 1.29 is 9.53 Å². The van der Waals surface area contributed by atoms with Crippen molar-refractivity contribution in [2.45, 2.75) is 26.9 Å². The lowest BCUT2D eigenvalue weighted by Crippen LogP contribution is -2.35. The van der Waals surface area contributed by atoms with Gasteiger partial charge in [0, 0.05) is 25.2 Å². The number of primary amides is 1. The summed E-state index contributed by atoms with van der Waals surface area (Å²) in [6.45, 7) is 6.44. The highest BCUT2D eigenvalue weighted by atomic mass is 16.5. The predicted octanol–water partition coefficient (Wildman–Crippen LogP) is 1.10. The molecule has 5 heteroatoms. The molecule has 0 spiro atoms. The first-order chi connectivity index (χ1) is 9.46. The second kappa shape index (κ2) is 7.87. The van der Waals surface area contributed by atoms with Gasteiger partial charge in [-0.05, 0) is 23.6 Å². The van der Waals surface area contributed by atoms with E-state index in [0.29, 0.717) is 19.0 Å². The van der Waals surface area contributed by atoms with Crippen LogP contribution in [0.4, 0.5) is 0 Å². The van der Waals surface area contributed by atoms with E-state index in [9.17, 15) is 4.79 Å². The van der Waals surface area contributed by atoms with Gasteiger partial charge in [-0.15, -0.1) is 0 Å². The molecule has 0 aliphatic carbocycles. The van der Waals surface area contributed by atoms with Crippen molar-refractivity contribution in [3.8, 4) is 5.75 Å². The molecule has 0 unspecified atom stereocenters. The maximum absolute atomic E-state index is 11.1. The van der Waals surface area contributed by atoms with Gasteiger partial charge in [0.15, 0.2) is 0 Å². The van der Waals surface area contributed by atoms with Gasteiger partial charge < -0.3 is 16.2 Å². The number of carbonyl (C=O) groups is 1. The Morgan fingerprint density at radius 3 is 2.60 bits per heavy atom. The third-order valence-electron chi connectivity index (χ3n) is 2.97. The minimum absolute atomic E-state index is 0.266. The number of amides is 1. The highest BCUT2D eigenvalue weighted by molar-refractivity contribution is 5.75. The third kappa shape index (κ3) is 5.19. The molecule has 112 valence electrons. The van der Waals surface area contributed by atoms with Crippen LogP contribution in [0, 0.1) is 5.92 Å². The highest BCUT2D eigenvalue weighted by Gasteiger charge is 2.12. The first kappa shape index (κ1) is 16.5. The van der Waals surface area contributed by atoms with Gasteiger partial charge in [0.05, 0.1) is 13.7 Å². The molecule has 0 atom stereocenters. The largest absolute Gasteiger partial charge is 0.496 e. The molecule has 5 nitrogen and oxygen atoms in total. The Bertz CT molecular complexity index is 447. The van der Waals surface area contributed by atoms with E-state index in [-0.39, 0.29) is 12.5 Å². The van der Waals surface area contributed by atoms with Gasteiger partial charge in [-0.1, -0.05) is 19.9 Å². The molecule has 20 heavy (non-hydrogen) atoms. The lowest BCUT2D eigenvalue weighted by molar-refractivity contribution is -0.119. The summed E-state index contributed by atoms with van der Waals surface area (Å²) in [6.07, 6.45) is 0. The minimum Gasteiger partial charge on any atom is -0.496 e. The fraction of sp³-hybridized carbons (Fsp3) is 0.533. The molecule has 0 aromatic heterocycles. The van der Waals surface area contributed by atoms with Gasteiger partial charge in [-0.3, -0.25) is 9.69 Å². The number of ether oxygens (including phenoxy) is 1. The molecule has 0 saturated carbocycles. The maximum atomic E-state index is 11.1. The molecular weight excluding hydrogens is 254 g/mol. The zero-order chi connectivity index (χ0) is 15.1. The lowest BCUT2D eigenvalue weighted by atomic mass is 10.1. The van der Waals surface area contributed by atoms with E-state index in [4.69, 9.17) is 16.2 Å². The standard InChI is InChI=1S/C15H25N3O2/c1-11(2)8-18(10-15(17)19)9-12-4-5-14(20-3)13(6-12)7-16/h4-6,11H,7-10,16H2,1-3H3,(H2,17,19). The van der Waals surface area contributed by atoms with Gasteiger partial charge in [0.2, 0.25) is 5.91 Å². The normalized spacial score (nSPS) is 11.1. The average molecular weight is 279 g/mol. The summed E-state index contributed by atoms with van der Waals surface area (Å²) in [7, 11) is 1.63. The number of carbonyl (C=O) groups excluding carboxylic acids is 1. The minimum atomic E-state index is -0.307. The van der Waals surface area contributed by atoms with E-state index in [1.165, 1.54) is 0 Å². The summed E-state index contributed by atoms with van der Waals surface area (Å²) in [4.78, 5) is 13.2. The Hall–Kier alpha value is -1.59. The smallest absolute Gasteiger partial charge is 0.231 e. The Labute approximate surface area is 120 Å². The summed E-state index contributed by atoms with van der Waals surface area (Å²) in [5.41, 5.74) is 13.1. The van der Waals surface area contributed by atoms with Gasteiger partial charge >= 0.3 is 0 Å². The molecule has 0 radical (unpaired) electrons. The topological polar surface area (TPSA) is 81.6 Å². The van der Waals surface area contributed by atoms with Crippen molar-refractivity contribution in [3.05, 3.63) is 29.3 Å². The van der Waals surface area contributed by atoms with Crippen LogP contribution in [-0.4, -0.2) is 31.0 Å². The Morgan fingerprint density at radius 2 is 2.10 bits per heavy atom.